The zero-order chi connectivity index (χ0) is 27.8. The second-order valence-electron chi connectivity index (χ2n) is 12.8. The normalized spacial score (nSPS) is 15.4. The highest BCUT2D eigenvalue weighted by molar-refractivity contribution is 4.81. The maximum Gasteiger partial charge on any atom is 0.111 e. The lowest BCUT2D eigenvalue weighted by molar-refractivity contribution is -0.129. The van der Waals surface area contributed by atoms with Crippen molar-refractivity contribution >= 4 is 0 Å². The van der Waals surface area contributed by atoms with Gasteiger partial charge in [-0.05, 0) is 24.7 Å². The molecule has 0 spiro atoms. The van der Waals surface area contributed by atoms with Crippen molar-refractivity contribution in [1.29, 1.82) is 0 Å². The first-order valence-corrected chi connectivity index (χ1v) is 15.9. The van der Waals surface area contributed by atoms with Crippen molar-refractivity contribution in [2.75, 3.05) is 26.4 Å². The fourth-order valence-corrected chi connectivity index (χ4v) is 4.96. The summed E-state index contributed by atoms with van der Waals surface area (Å²) in [6.07, 6.45) is 22.8. The van der Waals surface area contributed by atoms with E-state index < -0.39 is 11.2 Å². The molecule has 0 fully saturated rings. The molecule has 5 nitrogen and oxygen atoms in total. The highest BCUT2D eigenvalue weighted by atomic mass is 16.5. The second-order valence-corrected chi connectivity index (χ2v) is 12.8. The van der Waals surface area contributed by atoms with Crippen molar-refractivity contribution in [1.82, 2.24) is 0 Å². The van der Waals surface area contributed by atoms with Gasteiger partial charge in [0.05, 0.1) is 26.4 Å². The molecule has 2 atom stereocenters. The van der Waals surface area contributed by atoms with Crippen LogP contribution in [0.25, 0.3) is 0 Å². The summed E-state index contributed by atoms with van der Waals surface area (Å²) >= 11 is 0. The lowest BCUT2D eigenvalue weighted by Crippen LogP contribution is -2.43. The van der Waals surface area contributed by atoms with Crippen LogP contribution in [-0.2, 0) is 4.74 Å². The third-order valence-corrected chi connectivity index (χ3v) is 7.68. The molecule has 0 saturated carbocycles. The molecule has 0 aromatic rings. The van der Waals surface area contributed by atoms with Crippen molar-refractivity contribution in [3.63, 3.8) is 0 Å². The molecule has 2 unspecified atom stereocenters. The Bertz CT molecular complexity index is 442. The average Bonchev–Trinajstić information content (AvgIpc) is 2.86. The molecule has 4 N–H and O–H groups in total. The SMILES string of the molecule is CC(C)CCCCCCCCCCC(O)(CO)COCC(O)(CO)CCCCCCCCCCC(C)C. The summed E-state index contributed by atoms with van der Waals surface area (Å²) in [6, 6.07) is 0. The molecule has 0 rings (SSSR count). The first-order chi connectivity index (χ1) is 17.7. The molecule has 5 heteroatoms. The molecule has 0 heterocycles. The quantitative estimate of drug-likeness (QED) is 0.0783. The Morgan fingerprint density at radius 2 is 0.730 bits per heavy atom. The van der Waals surface area contributed by atoms with Crippen LogP contribution in [0.15, 0.2) is 0 Å². The zero-order valence-electron chi connectivity index (χ0n) is 25.3. The Hall–Kier alpha value is -0.200. The predicted molar refractivity (Wildman–Crippen MR) is 157 cm³/mol. The number of hydrogen-bond donors (Lipinski definition) is 4. The molecule has 0 aliphatic rings. The van der Waals surface area contributed by atoms with E-state index in [-0.39, 0.29) is 26.4 Å². The molecule has 37 heavy (non-hydrogen) atoms. The van der Waals surface area contributed by atoms with Gasteiger partial charge in [-0.2, -0.15) is 0 Å². The molecule has 0 aromatic carbocycles. The van der Waals surface area contributed by atoms with Gasteiger partial charge in [0.2, 0.25) is 0 Å². The summed E-state index contributed by atoms with van der Waals surface area (Å²) in [7, 11) is 0. The number of aliphatic hydroxyl groups excluding tert-OH is 2. The Labute approximate surface area is 230 Å². The maximum atomic E-state index is 10.7. The van der Waals surface area contributed by atoms with Gasteiger partial charge in [-0.3, -0.25) is 0 Å². The van der Waals surface area contributed by atoms with Crippen molar-refractivity contribution in [3.8, 4) is 0 Å². The second kappa shape index (κ2) is 23.7. The van der Waals surface area contributed by atoms with Crippen molar-refractivity contribution in [3.05, 3.63) is 0 Å². The molecule has 0 aliphatic heterocycles. The molecule has 224 valence electrons. The monoisotopic (exact) mass is 530 g/mol. The zero-order valence-corrected chi connectivity index (χ0v) is 25.3. The van der Waals surface area contributed by atoms with Gasteiger partial charge in [0.25, 0.3) is 0 Å². The molecular formula is C32H66O5. The van der Waals surface area contributed by atoms with Gasteiger partial charge in [0.15, 0.2) is 0 Å². The Balaban J connectivity index is 3.88. The Morgan fingerprint density at radius 1 is 0.459 bits per heavy atom. The van der Waals surface area contributed by atoms with E-state index in [0.717, 1.165) is 50.4 Å². The molecule has 0 radical (unpaired) electrons. The number of rotatable bonds is 28. The first kappa shape index (κ1) is 36.8. The van der Waals surface area contributed by atoms with Crippen molar-refractivity contribution in [2.45, 2.75) is 167 Å². The highest BCUT2D eigenvalue weighted by Crippen LogP contribution is 2.21. The lowest BCUT2D eigenvalue weighted by Gasteiger charge is -2.30. The molecule has 0 bridgehead atoms. The van der Waals surface area contributed by atoms with Gasteiger partial charge in [-0.15, -0.1) is 0 Å². The van der Waals surface area contributed by atoms with Crippen molar-refractivity contribution < 1.29 is 25.2 Å². The Kier molecular flexibility index (Phi) is 23.5. The topological polar surface area (TPSA) is 90.2 Å². The largest absolute Gasteiger partial charge is 0.393 e. The van der Waals surface area contributed by atoms with Crippen LogP contribution < -0.4 is 0 Å². The third kappa shape index (κ3) is 23.4. The number of hydrogen-bond acceptors (Lipinski definition) is 5. The van der Waals surface area contributed by atoms with Crippen LogP contribution in [0.4, 0.5) is 0 Å². The Morgan fingerprint density at radius 3 is 1.00 bits per heavy atom. The summed E-state index contributed by atoms with van der Waals surface area (Å²) in [5, 5.41) is 40.8. The number of aliphatic hydroxyl groups is 4. The maximum absolute atomic E-state index is 10.7. The van der Waals surface area contributed by atoms with Gasteiger partial charge < -0.3 is 25.2 Å². The van der Waals surface area contributed by atoms with Gasteiger partial charge >= 0.3 is 0 Å². The highest BCUT2D eigenvalue weighted by Gasteiger charge is 2.30. The molecule has 0 amide bonds. The van der Waals surface area contributed by atoms with E-state index in [1.165, 1.54) is 77.0 Å². The van der Waals surface area contributed by atoms with Crippen LogP contribution in [0, 0.1) is 11.8 Å². The van der Waals surface area contributed by atoms with Gasteiger partial charge in [0, 0.05) is 0 Å². The fourth-order valence-electron chi connectivity index (χ4n) is 4.96. The van der Waals surface area contributed by atoms with E-state index in [4.69, 9.17) is 4.74 Å². The molecule has 0 saturated heterocycles. The van der Waals surface area contributed by atoms with Gasteiger partial charge in [-0.25, -0.2) is 0 Å². The summed E-state index contributed by atoms with van der Waals surface area (Å²) < 4.78 is 5.63. The molecular weight excluding hydrogens is 464 g/mol. The van der Waals surface area contributed by atoms with Crippen LogP contribution >= 0.6 is 0 Å². The summed E-state index contributed by atoms with van der Waals surface area (Å²) in [4.78, 5) is 0. The van der Waals surface area contributed by atoms with Crippen LogP contribution in [-0.4, -0.2) is 58.1 Å². The summed E-state index contributed by atoms with van der Waals surface area (Å²) in [5.74, 6) is 1.61. The van der Waals surface area contributed by atoms with E-state index in [1.54, 1.807) is 0 Å². The molecule has 0 aliphatic carbocycles. The van der Waals surface area contributed by atoms with Gasteiger partial charge in [-0.1, -0.05) is 143 Å². The van der Waals surface area contributed by atoms with E-state index in [2.05, 4.69) is 27.7 Å². The lowest BCUT2D eigenvalue weighted by atomic mass is 9.95. The van der Waals surface area contributed by atoms with E-state index in [1.807, 2.05) is 0 Å². The molecule has 0 aromatic heterocycles. The number of unbranched alkanes of at least 4 members (excludes halogenated alkanes) is 14. The minimum absolute atomic E-state index is 0.0154. The predicted octanol–water partition coefficient (Wildman–Crippen LogP) is 7.56. The number of ether oxygens (including phenoxy) is 1. The van der Waals surface area contributed by atoms with Crippen LogP contribution in [0.5, 0.6) is 0 Å². The van der Waals surface area contributed by atoms with Crippen molar-refractivity contribution in [2.24, 2.45) is 11.8 Å². The standard InChI is InChI=1S/C32H66O5/c1-29(2)21-17-13-9-5-7-11-15-19-23-31(35,25-33)27-37-28-32(36,26-34)24-20-16-12-8-6-10-14-18-22-30(3)4/h29-30,33-36H,5-28H2,1-4H3. The van der Waals surface area contributed by atoms with Crippen LogP contribution in [0.2, 0.25) is 0 Å². The minimum atomic E-state index is -1.28. The summed E-state index contributed by atoms with van der Waals surface area (Å²) in [5.41, 5.74) is -2.55. The minimum Gasteiger partial charge on any atom is -0.393 e. The van der Waals surface area contributed by atoms with E-state index >= 15 is 0 Å². The van der Waals surface area contributed by atoms with E-state index in [9.17, 15) is 20.4 Å². The van der Waals surface area contributed by atoms with Gasteiger partial charge in [0.1, 0.15) is 11.2 Å². The average molecular weight is 531 g/mol. The fraction of sp³-hybridized carbons (Fsp3) is 1.00. The van der Waals surface area contributed by atoms with E-state index in [0.29, 0.717) is 12.8 Å². The third-order valence-electron chi connectivity index (χ3n) is 7.68. The smallest absolute Gasteiger partial charge is 0.111 e. The summed E-state index contributed by atoms with van der Waals surface area (Å²) in [6.45, 7) is 8.40. The first-order valence-electron chi connectivity index (χ1n) is 15.9. The van der Waals surface area contributed by atoms with Crippen LogP contribution in [0.3, 0.4) is 0 Å². The van der Waals surface area contributed by atoms with Crippen LogP contribution in [0.1, 0.15) is 156 Å².